The van der Waals surface area contributed by atoms with Crippen molar-refractivity contribution in [1.29, 1.82) is 0 Å². The van der Waals surface area contributed by atoms with Gasteiger partial charge < -0.3 is 9.47 Å². The van der Waals surface area contributed by atoms with Gasteiger partial charge in [0.2, 0.25) is 0 Å². The number of benzene rings is 1. The third kappa shape index (κ3) is 5.03. The number of amides is 1. The van der Waals surface area contributed by atoms with Crippen LogP contribution in [-0.4, -0.2) is 35.8 Å². The number of carbonyl (C=O) groups is 1. The first-order valence-corrected chi connectivity index (χ1v) is 7.28. The Labute approximate surface area is 142 Å². The minimum atomic E-state index is -4.53. The first-order chi connectivity index (χ1) is 11.7. The minimum absolute atomic E-state index is 0.0821. The lowest BCUT2D eigenvalue weighted by atomic mass is 10.1. The summed E-state index contributed by atoms with van der Waals surface area (Å²) in [4.78, 5) is 29.1. The summed E-state index contributed by atoms with van der Waals surface area (Å²) < 4.78 is 39.3. The number of halogens is 3. The molecule has 0 unspecified atom stereocenters. The van der Waals surface area contributed by atoms with Gasteiger partial charge in [-0.1, -0.05) is 12.1 Å². The molecule has 0 spiro atoms. The summed E-state index contributed by atoms with van der Waals surface area (Å²) in [5.74, 6) is -0.480. The summed E-state index contributed by atoms with van der Waals surface area (Å²) in [5.41, 5.74) is -0.659. The maximum atomic E-state index is 12.8. The van der Waals surface area contributed by atoms with Gasteiger partial charge in [-0.25, -0.2) is 0 Å². The van der Waals surface area contributed by atoms with E-state index in [0.29, 0.717) is 5.56 Å². The molecular formula is C17H16F3N3O2. The average Bonchev–Trinajstić information content (AvgIpc) is 2.54. The monoisotopic (exact) mass is 351 g/mol. The molecule has 0 fully saturated rings. The molecule has 0 aliphatic rings. The number of rotatable bonds is 4. The Bertz CT molecular complexity index is 855. The normalized spacial score (nSPS) is 11.7. The molecule has 132 valence electrons. The van der Waals surface area contributed by atoms with Crippen molar-refractivity contribution in [1.82, 2.24) is 9.47 Å². The van der Waals surface area contributed by atoms with Crippen LogP contribution in [0.5, 0.6) is 0 Å². The summed E-state index contributed by atoms with van der Waals surface area (Å²) in [6.07, 6.45) is -2.42. The van der Waals surface area contributed by atoms with Crippen molar-refractivity contribution in [3.05, 3.63) is 69.6 Å². The van der Waals surface area contributed by atoms with Gasteiger partial charge in [0.1, 0.15) is 0 Å². The van der Waals surface area contributed by atoms with Crippen LogP contribution >= 0.6 is 0 Å². The Balaban J connectivity index is 2.29. The number of alkyl halides is 3. The molecule has 0 aliphatic heterocycles. The molecule has 1 amide bonds. The highest BCUT2D eigenvalue weighted by molar-refractivity contribution is 5.98. The Morgan fingerprint density at radius 1 is 1.24 bits per heavy atom. The van der Waals surface area contributed by atoms with E-state index in [1.165, 1.54) is 12.4 Å². The van der Waals surface area contributed by atoms with Crippen molar-refractivity contribution in [3.63, 3.8) is 0 Å². The van der Waals surface area contributed by atoms with Gasteiger partial charge in [0.15, 0.2) is 0 Å². The lowest BCUT2D eigenvalue weighted by Crippen LogP contribution is -2.22. The second kappa shape index (κ2) is 7.33. The Hall–Kier alpha value is -2.90. The number of hydrogen-bond acceptors (Lipinski definition) is 2. The van der Waals surface area contributed by atoms with Gasteiger partial charge in [0.25, 0.3) is 11.5 Å². The third-order valence-electron chi connectivity index (χ3n) is 3.24. The Kier molecular flexibility index (Phi) is 5.41. The lowest BCUT2D eigenvalue weighted by molar-refractivity contribution is -0.138. The highest BCUT2D eigenvalue weighted by atomic mass is 19.4. The van der Waals surface area contributed by atoms with Gasteiger partial charge in [-0.05, 0) is 23.8 Å². The van der Waals surface area contributed by atoms with Crippen molar-refractivity contribution in [2.45, 2.75) is 12.7 Å². The number of nitrogens with zero attached hydrogens (tertiary/aromatic N) is 3. The Morgan fingerprint density at radius 3 is 2.60 bits per heavy atom. The molecule has 25 heavy (non-hydrogen) atoms. The van der Waals surface area contributed by atoms with Crippen LogP contribution in [0.1, 0.15) is 21.5 Å². The molecule has 0 N–H and O–H groups in total. The van der Waals surface area contributed by atoms with Crippen molar-refractivity contribution < 1.29 is 18.0 Å². The third-order valence-corrected chi connectivity index (χ3v) is 3.24. The van der Waals surface area contributed by atoms with E-state index >= 15 is 0 Å². The molecule has 0 radical (unpaired) electrons. The molecule has 1 aromatic carbocycles. The van der Waals surface area contributed by atoms with Gasteiger partial charge in [0, 0.05) is 31.9 Å². The van der Waals surface area contributed by atoms with Crippen molar-refractivity contribution >= 4 is 12.2 Å². The van der Waals surface area contributed by atoms with Gasteiger partial charge in [-0.2, -0.15) is 18.2 Å². The molecule has 0 bridgehead atoms. The topological polar surface area (TPSA) is 54.7 Å². The summed E-state index contributed by atoms with van der Waals surface area (Å²) in [6, 6.07) is 7.88. The van der Waals surface area contributed by atoms with Crippen LogP contribution in [-0.2, 0) is 12.7 Å². The smallest absolute Gasteiger partial charge is 0.369 e. The standard InChI is InChI=1S/C17H16F3N3O2/c1-22(2)11-21-16(25)13-5-3-4-12(8-13)9-23-10-14(17(18,19)20)6-7-15(23)24/h3-8,10-11H,9H2,1-2H3. The molecular weight excluding hydrogens is 335 g/mol. The SMILES string of the molecule is CN(C)C=NC(=O)c1cccc(Cn2cc(C(F)(F)F)ccc2=O)c1. The van der Waals surface area contributed by atoms with E-state index in [2.05, 4.69) is 4.99 Å². The van der Waals surface area contributed by atoms with Crippen LogP contribution < -0.4 is 5.56 Å². The first-order valence-electron chi connectivity index (χ1n) is 7.28. The van der Waals surface area contributed by atoms with Crippen LogP contribution in [0.2, 0.25) is 0 Å². The highest BCUT2D eigenvalue weighted by Gasteiger charge is 2.31. The summed E-state index contributed by atoms with van der Waals surface area (Å²) >= 11 is 0. The number of pyridine rings is 1. The van der Waals surface area contributed by atoms with Crippen LogP contribution in [0, 0.1) is 0 Å². The average molecular weight is 351 g/mol. The molecule has 2 aromatic rings. The van der Waals surface area contributed by atoms with E-state index in [0.717, 1.165) is 22.9 Å². The number of carbonyl (C=O) groups excluding carboxylic acids is 1. The fourth-order valence-electron chi connectivity index (χ4n) is 2.06. The zero-order valence-corrected chi connectivity index (χ0v) is 13.6. The maximum absolute atomic E-state index is 12.8. The number of aromatic nitrogens is 1. The molecule has 0 atom stereocenters. The summed E-state index contributed by atoms with van der Waals surface area (Å²) in [5, 5.41) is 0. The fourth-order valence-corrected chi connectivity index (χ4v) is 2.06. The predicted octanol–water partition coefficient (Wildman–Crippen LogP) is 2.65. The van der Waals surface area contributed by atoms with Crippen molar-refractivity contribution in [3.8, 4) is 0 Å². The Morgan fingerprint density at radius 2 is 1.96 bits per heavy atom. The van der Waals surface area contributed by atoms with Crippen molar-refractivity contribution in [2.75, 3.05) is 14.1 Å². The van der Waals surface area contributed by atoms with Crippen LogP contribution in [0.15, 0.2) is 52.4 Å². The van der Waals surface area contributed by atoms with Gasteiger partial charge in [0.05, 0.1) is 18.4 Å². The zero-order chi connectivity index (χ0) is 18.6. The number of hydrogen-bond donors (Lipinski definition) is 0. The van der Waals surface area contributed by atoms with Crippen molar-refractivity contribution in [2.24, 2.45) is 4.99 Å². The summed E-state index contributed by atoms with van der Waals surface area (Å²) in [7, 11) is 3.43. The molecule has 2 rings (SSSR count). The van der Waals surface area contributed by atoms with Crippen LogP contribution in [0.3, 0.4) is 0 Å². The van der Waals surface area contributed by atoms with E-state index < -0.39 is 23.2 Å². The molecule has 0 saturated heterocycles. The minimum Gasteiger partial charge on any atom is -0.369 e. The van der Waals surface area contributed by atoms with E-state index in [4.69, 9.17) is 0 Å². The molecule has 1 heterocycles. The summed E-state index contributed by atoms with van der Waals surface area (Å²) in [6.45, 7) is -0.0821. The second-order valence-corrected chi connectivity index (χ2v) is 5.60. The van der Waals surface area contributed by atoms with Crippen LogP contribution in [0.4, 0.5) is 13.2 Å². The van der Waals surface area contributed by atoms with E-state index in [1.54, 1.807) is 37.2 Å². The molecule has 8 heteroatoms. The highest BCUT2D eigenvalue weighted by Crippen LogP contribution is 2.28. The molecule has 0 aliphatic carbocycles. The quantitative estimate of drug-likeness (QED) is 0.629. The maximum Gasteiger partial charge on any atom is 0.417 e. The largest absolute Gasteiger partial charge is 0.417 e. The zero-order valence-electron chi connectivity index (χ0n) is 13.6. The van der Waals surface area contributed by atoms with Crippen LogP contribution in [0.25, 0.3) is 0 Å². The second-order valence-electron chi connectivity index (χ2n) is 5.60. The first kappa shape index (κ1) is 18.4. The van der Waals surface area contributed by atoms with Gasteiger partial charge >= 0.3 is 6.18 Å². The fraction of sp³-hybridized carbons (Fsp3) is 0.235. The van der Waals surface area contributed by atoms with E-state index in [1.807, 2.05) is 0 Å². The van der Waals surface area contributed by atoms with E-state index in [9.17, 15) is 22.8 Å². The molecule has 5 nitrogen and oxygen atoms in total. The molecule has 0 saturated carbocycles. The number of aliphatic imine (C=N–C) groups is 1. The predicted molar refractivity (Wildman–Crippen MR) is 87.8 cm³/mol. The lowest BCUT2D eigenvalue weighted by Gasteiger charge is -2.11. The molecule has 1 aromatic heterocycles. The van der Waals surface area contributed by atoms with E-state index in [-0.39, 0.29) is 12.1 Å². The van der Waals surface area contributed by atoms with Gasteiger partial charge in [-0.15, -0.1) is 0 Å². The van der Waals surface area contributed by atoms with Gasteiger partial charge in [-0.3, -0.25) is 9.59 Å².